The number of hydrogen-bond acceptors (Lipinski definition) is 6. The van der Waals surface area contributed by atoms with Crippen LogP contribution in [0.1, 0.15) is 48.0 Å². The molecule has 4 atom stereocenters. The summed E-state index contributed by atoms with van der Waals surface area (Å²) in [6.07, 6.45) is 1.89. The number of Topliss-reactive ketones (excluding diaryl/α,β-unsaturated/α-hetero) is 1. The highest BCUT2D eigenvalue weighted by Crippen LogP contribution is 2.25. The zero-order chi connectivity index (χ0) is 31.1. The van der Waals surface area contributed by atoms with E-state index in [1.807, 2.05) is 18.4 Å². The largest absolute Gasteiger partial charge is 0.481 e. The zero-order valence-electron chi connectivity index (χ0n) is 23.7. The number of aliphatic carboxylic acids is 1. The first-order chi connectivity index (χ1) is 20.5. The Balaban J connectivity index is 1.49. The number of hydrazine groups is 1. The molecule has 0 bridgehead atoms. The molecule has 2 saturated heterocycles. The van der Waals surface area contributed by atoms with Crippen molar-refractivity contribution in [3.8, 4) is 0 Å². The van der Waals surface area contributed by atoms with Crippen LogP contribution < -0.4 is 10.6 Å². The minimum Gasteiger partial charge on any atom is -0.481 e. The van der Waals surface area contributed by atoms with E-state index in [0.29, 0.717) is 22.8 Å². The quantitative estimate of drug-likeness (QED) is 0.321. The van der Waals surface area contributed by atoms with Gasteiger partial charge in [-0.3, -0.25) is 33.8 Å². The molecule has 1 unspecified atom stereocenters. The average molecular weight is 630 g/mol. The summed E-state index contributed by atoms with van der Waals surface area (Å²) in [6.45, 7) is 0.214. The highest BCUT2D eigenvalue weighted by molar-refractivity contribution is 7.96. The third-order valence-corrected chi connectivity index (χ3v) is 9.29. The number of carbonyl (C=O) groups is 6. The normalized spacial score (nSPS) is 20.0. The molecule has 228 valence electrons. The third-order valence-electron chi connectivity index (χ3n) is 7.34. The number of carboxylic acids is 1. The molecular formula is C30H34ClN4O7S+. The number of fused-ring (bicyclic) bond motifs is 1. The van der Waals surface area contributed by atoms with Gasteiger partial charge in [-0.25, -0.2) is 5.01 Å². The van der Waals surface area contributed by atoms with Gasteiger partial charge in [-0.05, 0) is 48.4 Å². The van der Waals surface area contributed by atoms with Crippen molar-refractivity contribution in [3.05, 3.63) is 70.7 Å². The van der Waals surface area contributed by atoms with Crippen molar-refractivity contribution in [1.29, 1.82) is 0 Å². The molecule has 43 heavy (non-hydrogen) atoms. The van der Waals surface area contributed by atoms with Crippen molar-refractivity contribution in [2.75, 3.05) is 18.6 Å². The number of carboxylic acid groups (broad SMARTS) is 1. The Morgan fingerprint density at radius 2 is 1.74 bits per heavy atom. The molecule has 4 rings (SSSR count). The van der Waals surface area contributed by atoms with E-state index in [2.05, 4.69) is 10.6 Å². The maximum Gasteiger partial charge on any atom is 0.305 e. The predicted molar refractivity (Wildman–Crippen MR) is 161 cm³/mol. The van der Waals surface area contributed by atoms with Gasteiger partial charge in [-0.2, -0.15) is 0 Å². The Labute approximate surface area is 257 Å². The molecule has 0 aromatic heterocycles. The number of hydrogen-bond donors (Lipinski definition) is 3. The van der Waals surface area contributed by atoms with E-state index in [1.54, 1.807) is 42.5 Å². The Hall–Kier alpha value is -3.90. The first kappa shape index (κ1) is 32.0. The number of amides is 4. The van der Waals surface area contributed by atoms with Gasteiger partial charge < -0.3 is 15.7 Å². The van der Waals surface area contributed by atoms with Crippen LogP contribution in [0.5, 0.6) is 0 Å². The number of benzene rings is 2. The first-order valence-corrected chi connectivity index (χ1v) is 16.3. The summed E-state index contributed by atoms with van der Waals surface area (Å²) >= 11 is 6.25. The predicted octanol–water partition coefficient (Wildman–Crippen LogP) is 1.94. The van der Waals surface area contributed by atoms with Gasteiger partial charge in [0.25, 0.3) is 11.8 Å². The fraction of sp³-hybridized carbons (Fsp3) is 0.400. The minimum absolute atomic E-state index is 0.0132. The lowest BCUT2D eigenvalue weighted by molar-refractivity contribution is -0.176. The van der Waals surface area contributed by atoms with Crippen LogP contribution in [0.25, 0.3) is 0 Å². The summed E-state index contributed by atoms with van der Waals surface area (Å²) in [5.74, 6) is -3.39. The van der Waals surface area contributed by atoms with E-state index in [1.165, 1.54) is 5.01 Å². The van der Waals surface area contributed by atoms with Gasteiger partial charge >= 0.3 is 5.97 Å². The fourth-order valence-electron chi connectivity index (χ4n) is 5.20. The van der Waals surface area contributed by atoms with E-state index in [9.17, 15) is 33.9 Å². The van der Waals surface area contributed by atoms with Crippen LogP contribution in [-0.4, -0.2) is 87.2 Å². The summed E-state index contributed by atoms with van der Waals surface area (Å²) in [7, 11) is -0.498. The van der Waals surface area contributed by atoms with Crippen molar-refractivity contribution in [2.24, 2.45) is 0 Å². The molecule has 3 N–H and O–H groups in total. The second-order valence-electron chi connectivity index (χ2n) is 10.6. The molecule has 4 amide bonds. The summed E-state index contributed by atoms with van der Waals surface area (Å²) in [5.41, 5.74) is 1.21. The summed E-state index contributed by atoms with van der Waals surface area (Å²) in [6, 6.07) is 12.0. The highest BCUT2D eigenvalue weighted by Gasteiger charge is 2.45. The second kappa shape index (κ2) is 14.5. The van der Waals surface area contributed by atoms with Crippen LogP contribution in [-0.2, 0) is 40.6 Å². The second-order valence-corrected chi connectivity index (χ2v) is 13.1. The van der Waals surface area contributed by atoms with Gasteiger partial charge in [0.2, 0.25) is 17.6 Å². The lowest BCUT2D eigenvalue weighted by Gasteiger charge is -2.43. The molecule has 2 aromatic carbocycles. The molecule has 2 aliphatic rings. The fourth-order valence-corrected chi connectivity index (χ4v) is 7.05. The molecule has 0 radical (unpaired) electrons. The lowest BCUT2D eigenvalue weighted by atomic mass is 10.0. The Kier molecular flexibility index (Phi) is 10.8. The van der Waals surface area contributed by atoms with Crippen molar-refractivity contribution in [1.82, 2.24) is 20.7 Å². The maximum absolute atomic E-state index is 13.7. The summed E-state index contributed by atoms with van der Waals surface area (Å²) in [4.78, 5) is 78.0. The van der Waals surface area contributed by atoms with Crippen LogP contribution in [0.2, 0.25) is 5.02 Å². The van der Waals surface area contributed by atoms with Crippen LogP contribution in [0.15, 0.2) is 54.6 Å². The zero-order valence-corrected chi connectivity index (χ0v) is 25.2. The smallest absolute Gasteiger partial charge is 0.305 e. The lowest BCUT2D eigenvalue weighted by Crippen LogP contribution is -2.64. The average Bonchev–Trinajstić information content (AvgIpc) is 3.10. The molecule has 2 fully saturated rings. The molecule has 0 aliphatic carbocycles. The Morgan fingerprint density at radius 3 is 2.44 bits per heavy atom. The van der Waals surface area contributed by atoms with E-state index < -0.39 is 64.9 Å². The molecule has 13 heteroatoms. The van der Waals surface area contributed by atoms with E-state index in [4.69, 9.17) is 11.6 Å². The van der Waals surface area contributed by atoms with Crippen molar-refractivity contribution < 1.29 is 33.9 Å². The summed E-state index contributed by atoms with van der Waals surface area (Å²) in [5, 5.41) is 17.6. The van der Waals surface area contributed by atoms with Crippen LogP contribution in [0.3, 0.4) is 0 Å². The van der Waals surface area contributed by atoms with Gasteiger partial charge in [0.1, 0.15) is 23.9 Å². The van der Waals surface area contributed by atoms with Crippen LogP contribution >= 0.6 is 11.6 Å². The number of carbonyl (C=O) groups excluding carboxylic acids is 5. The molecular weight excluding hydrogens is 596 g/mol. The van der Waals surface area contributed by atoms with Crippen LogP contribution in [0.4, 0.5) is 0 Å². The van der Waals surface area contributed by atoms with Gasteiger partial charge in [-0.1, -0.05) is 48.0 Å². The van der Waals surface area contributed by atoms with E-state index in [0.717, 1.165) is 10.6 Å². The summed E-state index contributed by atoms with van der Waals surface area (Å²) < 4.78 is 0. The molecule has 0 spiro atoms. The Bertz CT molecular complexity index is 1390. The molecule has 0 saturated carbocycles. The topological polar surface area (TPSA) is 153 Å². The van der Waals surface area contributed by atoms with Gasteiger partial charge in [-0.15, -0.1) is 0 Å². The first-order valence-electron chi connectivity index (χ1n) is 13.9. The number of ketones is 1. The van der Waals surface area contributed by atoms with Gasteiger partial charge in [0, 0.05) is 29.1 Å². The van der Waals surface area contributed by atoms with Gasteiger partial charge in [0.05, 0.1) is 12.7 Å². The van der Waals surface area contributed by atoms with Crippen molar-refractivity contribution in [2.45, 2.75) is 56.0 Å². The number of halogens is 1. The van der Waals surface area contributed by atoms with Gasteiger partial charge in [0.15, 0.2) is 5.75 Å². The SMILES string of the molecule is C[S+](CC(=O)[C@H](CC(=O)O)NC(=O)[C@@H]1CCCN2C(=O)CC[C@H](NC(=O)c3ccccc3)C(=O)N12)Cc1ccccc1Cl. The van der Waals surface area contributed by atoms with Crippen molar-refractivity contribution in [3.63, 3.8) is 0 Å². The van der Waals surface area contributed by atoms with Crippen molar-refractivity contribution >= 4 is 57.9 Å². The standard InChI is InChI=1S/C30H33ClN4O7S/c1-43(17-20-10-5-6-11-21(20)31)18-25(36)23(16-27(38)39)33-29(41)24-12-7-15-34-26(37)14-13-22(30(42)35(24)34)32-28(40)19-8-3-2-4-9-19/h2-6,8-11,22-24H,7,12-18H2,1H3,(H2-,32,33,38,39,40,41)/p+1/t22-,23-,24-,43?/m0/s1. The number of nitrogens with zero attached hydrogens (tertiary/aromatic N) is 2. The van der Waals surface area contributed by atoms with Crippen LogP contribution in [0, 0.1) is 0 Å². The number of rotatable bonds is 11. The minimum atomic E-state index is -1.33. The maximum atomic E-state index is 13.7. The van der Waals surface area contributed by atoms with E-state index >= 15 is 0 Å². The Morgan fingerprint density at radius 1 is 1.05 bits per heavy atom. The highest BCUT2D eigenvalue weighted by atomic mass is 35.5. The third kappa shape index (κ3) is 8.14. The monoisotopic (exact) mass is 629 g/mol. The van der Waals surface area contributed by atoms with E-state index in [-0.39, 0.29) is 37.5 Å². The molecule has 2 aliphatic heterocycles. The molecule has 2 aromatic rings. The molecule has 2 heterocycles. The number of nitrogens with one attached hydrogen (secondary N) is 2. The molecule has 11 nitrogen and oxygen atoms in total.